The maximum absolute atomic E-state index is 12.6. The van der Waals surface area contributed by atoms with Crippen LogP contribution in [-0.2, 0) is 16.2 Å². The van der Waals surface area contributed by atoms with Crippen molar-refractivity contribution >= 4 is 15.7 Å². The Balaban J connectivity index is 2.11. The molecule has 0 fully saturated rings. The molecule has 1 atom stereocenters. The van der Waals surface area contributed by atoms with Crippen LogP contribution in [0, 0.1) is 0 Å². The molecule has 2 N–H and O–H groups in total. The first kappa shape index (κ1) is 20.3. The number of benzene rings is 2. The van der Waals surface area contributed by atoms with Crippen LogP contribution in [0.5, 0.6) is 0 Å². The van der Waals surface area contributed by atoms with E-state index in [-0.39, 0.29) is 10.8 Å². The number of hydrogen-bond donors (Lipinski definition) is 2. The quantitative estimate of drug-likeness (QED) is 0.749. The van der Waals surface area contributed by atoms with E-state index < -0.39 is 21.8 Å². The lowest BCUT2D eigenvalue weighted by Gasteiger charge is -2.14. The second-order valence-corrected chi connectivity index (χ2v) is 7.64. The van der Waals surface area contributed by atoms with Crippen molar-refractivity contribution in [2.75, 3.05) is 17.8 Å². The maximum atomic E-state index is 12.6. The van der Waals surface area contributed by atoms with E-state index in [0.29, 0.717) is 5.69 Å². The van der Waals surface area contributed by atoms with Crippen molar-refractivity contribution in [3.8, 4) is 0 Å². The Bertz CT molecular complexity index is 817. The van der Waals surface area contributed by atoms with E-state index in [0.717, 1.165) is 42.9 Å². The number of rotatable bonds is 7. The third-order valence-electron chi connectivity index (χ3n) is 3.92. The number of halogens is 3. The van der Waals surface area contributed by atoms with Gasteiger partial charge in [-0.05, 0) is 54.4 Å². The van der Waals surface area contributed by atoms with Crippen LogP contribution in [0.2, 0.25) is 0 Å². The molecular formula is C18H21F3N2O2S. The molecule has 0 aliphatic carbocycles. The smallest absolute Gasteiger partial charge is 0.316 e. The lowest BCUT2D eigenvalue weighted by molar-refractivity contribution is -0.137. The van der Waals surface area contributed by atoms with Gasteiger partial charge in [0, 0.05) is 12.2 Å². The lowest BCUT2D eigenvalue weighted by atomic mass is 10.0. The normalized spacial score (nSPS) is 13.4. The van der Waals surface area contributed by atoms with Crippen molar-refractivity contribution in [2.24, 2.45) is 0 Å². The van der Waals surface area contributed by atoms with Crippen LogP contribution < -0.4 is 10.0 Å². The zero-order valence-corrected chi connectivity index (χ0v) is 15.3. The molecule has 0 aromatic heterocycles. The molecule has 8 heteroatoms. The fourth-order valence-corrected chi connectivity index (χ4v) is 3.45. The first-order valence-electron chi connectivity index (χ1n) is 8.14. The summed E-state index contributed by atoms with van der Waals surface area (Å²) in [5, 5.41) is 3.24. The van der Waals surface area contributed by atoms with E-state index in [2.05, 4.69) is 17.0 Å². The molecule has 0 heterocycles. The average molecular weight is 386 g/mol. The van der Waals surface area contributed by atoms with Crippen molar-refractivity contribution in [1.29, 1.82) is 0 Å². The molecule has 0 bridgehead atoms. The molecule has 4 nitrogen and oxygen atoms in total. The van der Waals surface area contributed by atoms with Gasteiger partial charge in [-0.2, -0.15) is 13.2 Å². The third-order valence-corrected chi connectivity index (χ3v) is 5.32. The number of likely N-dealkylation sites (N-methyl/N-ethyl adjacent to an activating group) is 1. The Morgan fingerprint density at radius 2 is 1.58 bits per heavy atom. The fraction of sp³-hybridized carbons (Fsp3) is 0.333. The van der Waals surface area contributed by atoms with Crippen molar-refractivity contribution in [2.45, 2.75) is 30.8 Å². The molecule has 0 amide bonds. The molecule has 2 rings (SSSR count). The van der Waals surface area contributed by atoms with Gasteiger partial charge in [-0.3, -0.25) is 4.72 Å². The van der Waals surface area contributed by atoms with Crippen molar-refractivity contribution in [3.05, 3.63) is 59.7 Å². The molecule has 142 valence electrons. The Hall–Kier alpha value is -2.06. The molecule has 0 spiro atoms. The summed E-state index contributed by atoms with van der Waals surface area (Å²) in [7, 11) is -3.95. The van der Waals surface area contributed by atoms with Gasteiger partial charge in [0.25, 0.3) is 10.0 Å². The van der Waals surface area contributed by atoms with Gasteiger partial charge in [0.2, 0.25) is 0 Å². The van der Waals surface area contributed by atoms with Crippen LogP contribution in [0.15, 0.2) is 53.4 Å². The minimum Gasteiger partial charge on any atom is -0.316 e. The van der Waals surface area contributed by atoms with Crippen molar-refractivity contribution < 1.29 is 21.6 Å². The van der Waals surface area contributed by atoms with Crippen LogP contribution in [0.4, 0.5) is 18.9 Å². The van der Waals surface area contributed by atoms with Gasteiger partial charge in [0.1, 0.15) is 0 Å². The van der Waals surface area contributed by atoms with Gasteiger partial charge in [0.05, 0.1) is 10.5 Å². The summed E-state index contributed by atoms with van der Waals surface area (Å²) in [6.45, 7) is 5.76. The molecule has 2 aromatic carbocycles. The van der Waals surface area contributed by atoms with Gasteiger partial charge < -0.3 is 5.32 Å². The van der Waals surface area contributed by atoms with E-state index in [9.17, 15) is 21.6 Å². The number of hydrogen-bond acceptors (Lipinski definition) is 3. The summed E-state index contributed by atoms with van der Waals surface area (Å²) >= 11 is 0. The molecule has 2 aromatic rings. The number of nitrogens with one attached hydrogen (secondary N) is 2. The highest BCUT2D eigenvalue weighted by Gasteiger charge is 2.30. The van der Waals surface area contributed by atoms with Crippen LogP contribution in [0.25, 0.3) is 0 Å². The van der Waals surface area contributed by atoms with E-state index >= 15 is 0 Å². The minimum atomic E-state index is -4.51. The molecule has 1 unspecified atom stereocenters. The number of anilines is 1. The van der Waals surface area contributed by atoms with Gasteiger partial charge in [-0.1, -0.05) is 26.0 Å². The van der Waals surface area contributed by atoms with E-state index in [1.54, 1.807) is 12.1 Å². The summed E-state index contributed by atoms with van der Waals surface area (Å²) in [5.74, 6) is 0.274. The van der Waals surface area contributed by atoms with Crippen LogP contribution in [0.1, 0.15) is 30.9 Å². The summed E-state index contributed by atoms with van der Waals surface area (Å²) in [4.78, 5) is -0.227. The molecule has 0 saturated heterocycles. The molecule has 0 radical (unpaired) electrons. The fourth-order valence-electron chi connectivity index (χ4n) is 2.40. The lowest BCUT2D eigenvalue weighted by Crippen LogP contribution is -2.19. The highest BCUT2D eigenvalue weighted by Crippen LogP contribution is 2.30. The Morgan fingerprint density at radius 1 is 1.00 bits per heavy atom. The molecule has 0 saturated carbocycles. The standard InChI is InChI=1S/C18H21F3N2O2S/c1-3-22-12-13(2)14-4-8-16(9-5-14)23-26(24,25)17-10-6-15(7-11-17)18(19,20)21/h4-11,13,22-23H,3,12H2,1-2H3. The second kappa shape index (κ2) is 8.09. The largest absolute Gasteiger partial charge is 0.416 e. The number of sulfonamides is 1. The van der Waals surface area contributed by atoms with Crippen molar-refractivity contribution in [3.63, 3.8) is 0 Å². The topological polar surface area (TPSA) is 58.2 Å². The zero-order valence-electron chi connectivity index (χ0n) is 14.5. The minimum absolute atomic E-state index is 0.227. The number of alkyl halides is 3. The van der Waals surface area contributed by atoms with Gasteiger partial charge >= 0.3 is 6.18 Å². The Morgan fingerprint density at radius 3 is 2.08 bits per heavy atom. The van der Waals surface area contributed by atoms with E-state index in [1.807, 2.05) is 19.1 Å². The first-order valence-corrected chi connectivity index (χ1v) is 9.62. The summed E-state index contributed by atoms with van der Waals surface area (Å²) in [6, 6.07) is 10.3. The summed E-state index contributed by atoms with van der Waals surface area (Å²) in [5.41, 5.74) is 0.517. The first-order chi connectivity index (χ1) is 12.1. The molecular weight excluding hydrogens is 365 g/mol. The summed E-state index contributed by atoms with van der Waals surface area (Å²) in [6.07, 6.45) is -4.51. The monoisotopic (exact) mass is 386 g/mol. The van der Waals surface area contributed by atoms with E-state index in [4.69, 9.17) is 0 Å². The summed E-state index contributed by atoms with van der Waals surface area (Å²) < 4.78 is 64.7. The predicted molar refractivity (Wildman–Crippen MR) is 95.7 cm³/mol. The van der Waals surface area contributed by atoms with E-state index in [1.165, 1.54) is 0 Å². The van der Waals surface area contributed by atoms with Crippen LogP contribution >= 0.6 is 0 Å². The van der Waals surface area contributed by atoms with Crippen LogP contribution in [-0.4, -0.2) is 21.5 Å². The Kier molecular flexibility index (Phi) is 6.30. The zero-order chi connectivity index (χ0) is 19.4. The van der Waals surface area contributed by atoms with Crippen LogP contribution in [0.3, 0.4) is 0 Å². The molecule has 0 aliphatic rings. The third kappa shape index (κ3) is 5.22. The van der Waals surface area contributed by atoms with Gasteiger partial charge in [-0.15, -0.1) is 0 Å². The average Bonchev–Trinajstić information content (AvgIpc) is 2.59. The second-order valence-electron chi connectivity index (χ2n) is 5.96. The Labute approximate surface area is 151 Å². The SMILES string of the molecule is CCNCC(C)c1ccc(NS(=O)(=O)c2ccc(C(F)(F)F)cc2)cc1. The van der Waals surface area contributed by atoms with Gasteiger partial charge in [-0.25, -0.2) is 8.42 Å². The highest BCUT2D eigenvalue weighted by atomic mass is 32.2. The maximum Gasteiger partial charge on any atom is 0.416 e. The van der Waals surface area contributed by atoms with Crippen molar-refractivity contribution in [1.82, 2.24) is 5.32 Å². The molecule has 26 heavy (non-hydrogen) atoms. The predicted octanol–water partition coefficient (Wildman–Crippen LogP) is 4.22. The molecule has 0 aliphatic heterocycles. The highest BCUT2D eigenvalue weighted by molar-refractivity contribution is 7.92. The van der Waals surface area contributed by atoms with Gasteiger partial charge in [0.15, 0.2) is 0 Å².